The summed E-state index contributed by atoms with van der Waals surface area (Å²) in [7, 11) is -3.47. The highest BCUT2D eigenvalue weighted by atomic mass is 79.9. The van der Waals surface area contributed by atoms with Gasteiger partial charge in [0.2, 0.25) is 0 Å². The molecule has 0 radical (unpaired) electrons. The van der Waals surface area contributed by atoms with Gasteiger partial charge in [-0.15, -0.1) is 0 Å². The Morgan fingerprint density at radius 1 is 1.33 bits per heavy atom. The van der Waals surface area contributed by atoms with Crippen LogP contribution in [0, 0.1) is 0 Å². The summed E-state index contributed by atoms with van der Waals surface area (Å²) in [6.07, 6.45) is 5.54. The normalized spacial score (nSPS) is 11.8. The number of H-pyrrole nitrogens is 1. The van der Waals surface area contributed by atoms with Gasteiger partial charge in [0.1, 0.15) is 5.75 Å². The van der Waals surface area contributed by atoms with Gasteiger partial charge in [0, 0.05) is 39.6 Å². The van der Waals surface area contributed by atoms with Crippen molar-refractivity contribution in [3.8, 4) is 11.3 Å². The summed E-state index contributed by atoms with van der Waals surface area (Å²) in [6.45, 7) is 0. The fourth-order valence-electron chi connectivity index (χ4n) is 2.40. The number of hydrogen-bond acceptors (Lipinski definition) is 5. The van der Waals surface area contributed by atoms with E-state index in [4.69, 9.17) is 11.6 Å². The minimum absolute atomic E-state index is 0.171. The van der Waals surface area contributed by atoms with Gasteiger partial charge in [0.15, 0.2) is 15.6 Å². The number of nitrogens with one attached hydrogen (secondary N) is 1. The zero-order valence-electron chi connectivity index (χ0n) is 12.4. The predicted octanol–water partition coefficient (Wildman–Crippen LogP) is 3.27. The molecule has 6 nitrogen and oxygen atoms in total. The highest BCUT2D eigenvalue weighted by Gasteiger charge is 2.23. The molecule has 2 heterocycles. The second-order valence-electron chi connectivity index (χ2n) is 5.27. The molecule has 0 saturated carbocycles. The first-order chi connectivity index (χ1) is 11.3. The first-order valence-corrected chi connectivity index (χ1v) is 9.97. The van der Waals surface area contributed by atoms with E-state index in [1.807, 2.05) is 0 Å². The monoisotopic (exact) mass is 427 g/mol. The molecule has 0 bridgehead atoms. The lowest BCUT2D eigenvalue weighted by Crippen LogP contribution is -2.15. The number of sulfone groups is 1. The lowest BCUT2D eigenvalue weighted by atomic mass is 10.1. The van der Waals surface area contributed by atoms with Crippen LogP contribution < -0.4 is 0 Å². The Labute approximate surface area is 151 Å². The minimum atomic E-state index is -3.47. The number of halogens is 2. The van der Waals surface area contributed by atoms with Gasteiger partial charge in [0.05, 0.1) is 22.6 Å². The Bertz CT molecular complexity index is 1050. The van der Waals surface area contributed by atoms with Crippen LogP contribution in [0.2, 0.25) is 5.02 Å². The standard InChI is InChI=1S/C15H11BrClN3O3S/c1-24(22,23)7-13(21)15-14(12-6-18-2-3-19-12)8-4-10(17)9(16)5-11(8)20-15/h2-6,20H,7H2,1H3. The summed E-state index contributed by atoms with van der Waals surface area (Å²) in [5.74, 6) is -1.14. The topological polar surface area (TPSA) is 92.8 Å². The van der Waals surface area contributed by atoms with Gasteiger partial charge in [-0.3, -0.25) is 14.8 Å². The fraction of sp³-hybridized carbons (Fsp3) is 0.133. The maximum absolute atomic E-state index is 12.5. The van der Waals surface area contributed by atoms with Gasteiger partial charge >= 0.3 is 0 Å². The zero-order valence-corrected chi connectivity index (χ0v) is 15.5. The van der Waals surface area contributed by atoms with Crippen LogP contribution in [0.15, 0.2) is 35.2 Å². The Balaban J connectivity index is 2.30. The number of hydrogen-bond donors (Lipinski definition) is 1. The number of ketones is 1. The molecule has 0 saturated heterocycles. The molecule has 0 fully saturated rings. The SMILES string of the molecule is CS(=O)(=O)CC(=O)c1[nH]c2cc(Br)c(Cl)cc2c1-c1cnccn1. The smallest absolute Gasteiger partial charge is 0.194 e. The van der Waals surface area contributed by atoms with Crippen molar-refractivity contribution in [1.82, 2.24) is 15.0 Å². The van der Waals surface area contributed by atoms with Crippen molar-refractivity contribution >= 4 is 54.1 Å². The summed E-state index contributed by atoms with van der Waals surface area (Å²) in [4.78, 5) is 23.7. The first-order valence-electron chi connectivity index (χ1n) is 6.74. The molecule has 1 aromatic carbocycles. The summed E-state index contributed by atoms with van der Waals surface area (Å²) in [5, 5.41) is 1.13. The molecule has 0 aliphatic heterocycles. The molecule has 2 aromatic heterocycles. The summed E-state index contributed by atoms with van der Waals surface area (Å²) in [6, 6.07) is 3.42. The summed E-state index contributed by atoms with van der Waals surface area (Å²) < 4.78 is 23.6. The van der Waals surface area contributed by atoms with Gasteiger partial charge in [0.25, 0.3) is 0 Å². The molecule has 9 heteroatoms. The molecule has 124 valence electrons. The largest absolute Gasteiger partial charge is 0.351 e. The molecular formula is C15H11BrClN3O3S. The summed E-state index contributed by atoms with van der Waals surface area (Å²) >= 11 is 9.50. The Hall–Kier alpha value is -1.77. The number of carbonyl (C=O) groups is 1. The molecule has 0 atom stereocenters. The van der Waals surface area contributed by atoms with Crippen molar-refractivity contribution in [2.24, 2.45) is 0 Å². The maximum atomic E-state index is 12.5. The lowest BCUT2D eigenvalue weighted by Gasteiger charge is -2.03. The van der Waals surface area contributed by atoms with Gasteiger partial charge in [-0.2, -0.15) is 0 Å². The number of aromatic nitrogens is 3. The van der Waals surface area contributed by atoms with Crippen molar-refractivity contribution in [3.63, 3.8) is 0 Å². The average Bonchev–Trinajstić information content (AvgIpc) is 2.85. The van der Waals surface area contributed by atoms with E-state index in [2.05, 4.69) is 30.9 Å². The molecule has 3 rings (SSSR count). The third-order valence-corrected chi connectivity index (χ3v) is 5.31. The Kier molecular flexibility index (Phi) is 4.46. The van der Waals surface area contributed by atoms with Gasteiger partial charge in [-0.05, 0) is 28.1 Å². The third-order valence-electron chi connectivity index (χ3n) is 3.33. The molecule has 0 amide bonds. The number of rotatable bonds is 4. The van der Waals surface area contributed by atoms with E-state index in [-0.39, 0.29) is 5.69 Å². The Morgan fingerprint density at radius 2 is 2.08 bits per heavy atom. The Morgan fingerprint density at radius 3 is 2.71 bits per heavy atom. The zero-order chi connectivity index (χ0) is 17.5. The van der Waals surface area contributed by atoms with Crippen molar-refractivity contribution < 1.29 is 13.2 Å². The van der Waals surface area contributed by atoms with Crippen LogP contribution in [0.4, 0.5) is 0 Å². The van der Waals surface area contributed by atoms with Crippen LogP contribution in [0.3, 0.4) is 0 Å². The highest BCUT2D eigenvalue weighted by Crippen LogP contribution is 2.36. The van der Waals surface area contributed by atoms with Gasteiger partial charge in [-0.25, -0.2) is 8.42 Å². The average molecular weight is 429 g/mol. The van der Waals surface area contributed by atoms with E-state index in [1.165, 1.54) is 18.6 Å². The molecule has 0 aliphatic rings. The van der Waals surface area contributed by atoms with Crippen molar-refractivity contribution in [2.45, 2.75) is 0 Å². The number of benzene rings is 1. The van der Waals surface area contributed by atoms with E-state index in [0.717, 1.165) is 6.26 Å². The molecular weight excluding hydrogens is 418 g/mol. The van der Waals surface area contributed by atoms with Crippen LogP contribution in [-0.2, 0) is 9.84 Å². The van der Waals surface area contributed by atoms with Crippen molar-refractivity contribution in [2.75, 3.05) is 12.0 Å². The predicted molar refractivity (Wildman–Crippen MR) is 96.1 cm³/mol. The van der Waals surface area contributed by atoms with E-state index in [0.29, 0.717) is 31.7 Å². The van der Waals surface area contributed by atoms with E-state index >= 15 is 0 Å². The van der Waals surface area contributed by atoms with Crippen LogP contribution in [0.1, 0.15) is 10.5 Å². The van der Waals surface area contributed by atoms with Gasteiger partial charge < -0.3 is 4.98 Å². The van der Waals surface area contributed by atoms with Crippen molar-refractivity contribution in [3.05, 3.63) is 45.9 Å². The summed E-state index contributed by atoms with van der Waals surface area (Å²) in [5.41, 5.74) is 1.76. The molecule has 0 aliphatic carbocycles. The molecule has 24 heavy (non-hydrogen) atoms. The third kappa shape index (κ3) is 3.35. The second-order valence-corrected chi connectivity index (χ2v) is 8.67. The second kappa shape index (κ2) is 6.27. The van der Waals surface area contributed by atoms with Crippen LogP contribution in [0.25, 0.3) is 22.2 Å². The molecule has 0 unspecified atom stereocenters. The number of aromatic amines is 1. The maximum Gasteiger partial charge on any atom is 0.194 e. The number of carbonyl (C=O) groups excluding carboxylic acids is 1. The number of fused-ring (bicyclic) bond motifs is 1. The van der Waals surface area contributed by atoms with E-state index < -0.39 is 21.4 Å². The quantitative estimate of drug-likeness (QED) is 0.644. The van der Waals surface area contributed by atoms with E-state index in [1.54, 1.807) is 12.1 Å². The van der Waals surface area contributed by atoms with Gasteiger partial charge in [-0.1, -0.05) is 11.6 Å². The van der Waals surface area contributed by atoms with Crippen LogP contribution in [0.5, 0.6) is 0 Å². The number of Topliss-reactive ketones (excluding diaryl/α,β-unsaturated/α-hetero) is 1. The minimum Gasteiger partial charge on any atom is -0.351 e. The van der Waals surface area contributed by atoms with Crippen LogP contribution in [-0.4, -0.2) is 41.2 Å². The lowest BCUT2D eigenvalue weighted by molar-refractivity contribution is 0.101. The van der Waals surface area contributed by atoms with Crippen LogP contribution >= 0.6 is 27.5 Å². The van der Waals surface area contributed by atoms with Crippen molar-refractivity contribution in [1.29, 1.82) is 0 Å². The number of nitrogens with zero attached hydrogens (tertiary/aromatic N) is 2. The molecule has 1 N–H and O–H groups in total. The first kappa shape index (κ1) is 17.1. The van der Waals surface area contributed by atoms with E-state index in [9.17, 15) is 13.2 Å². The fourth-order valence-corrected chi connectivity index (χ4v) is 3.53. The highest BCUT2D eigenvalue weighted by molar-refractivity contribution is 9.10. The molecule has 0 spiro atoms. The molecule has 3 aromatic rings.